The maximum atomic E-state index is 14.1. The average Bonchev–Trinajstić information content (AvgIpc) is 3.76. The van der Waals surface area contributed by atoms with Crippen molar-refractivity contribution in [3.63, 3.8) is 0 Å². The number of ether oxygens (including phenoxy) is 2. The number of benzene rings is 2. The lowest BCUT2D eigenvalue weighted by Crippen LogP contribution is -2.57. The zero-order chi connectivity index (χ0) is 29.1. The standard InChI is InChI=1S/C31H31N5O4S2/c1-20-14-21(2)33-30(32-20)42-18-28(37)36(16-27-35-24(17-41-27)22-8-4-3-5-9-22)31(12-6-7-13-31)29(38)34-23-10-11-25-26(15-23)40-19-39-25/h3-5,8-11,14-15,17H,6-7,12-13,16,18-19H2,1-2H3,(H,34,38). The average molecular weight is 602 g/mol. The minimum Gasteiger partial charge on any atom is -0.454 e. The largest absolute Gasteiger partial charge is 0.454 e. The van der Waals surface area contributed by atoms with Gasteiger partial charge in [-0.05, 0) is 44.9 Å². The van der Waals surface area contributed by atoms with Crippen molar-refractivity contribution in [1.29, 1.82) is 0 Å². The first-order valence-corrected chi connectivity index (χ1v) is 15.7. The Morgan fingerprint density at radius 1 is 0.976 bits per heavy atom. The second-order valence-electron chi connectivity index (χ2n) is 10.5. The highest BCUT2D eigenvalue weighted by Crippen LogP contribution is 2.40. The Hall–Kier alpha value is -3.96. The first-order valence-electron chi connectivity index (χ1n) is 13.9. The van der Waals surface area contributed by atoms with Crippen molar-refractivity contribution < 1.29 is 19.1 Å². The van der Waals surface area contributed by atoms with Crippen LogP contribution in [0.3, 0.4) is 0 Å². The summed E-state index contributed by atoms with van der Waals surface area (Å²) in [6.07, 6.45) is 2.82. The van der Waals surface area contributed by atoms with Crippen molar-refractivity contribution in [2.75, 3.05) is 17.9 Å². The molecule has 0 unspecified atom stereocenters. The first-order chi connectivity index (χ1) is 20.4. The fraction of sp³-hybridized carbons (Fsp3) is 0.323. The van der Waals surface area contributed by atoms with Crippen molar-refractivity contribution in [3.8, 4) is 22.8 Å². The number of thiazole rings is 1. The molecule has 0 spiro atoms. The van der Waals surface area contributed by atoms with Gasteiger partial charge in [-0.15, -0.1) is 11.3 Å². The first kappa shape index (κ1) is 28.2. The molecule has 1 aliphatic heterocycles. The van der Waals surface area contributed by atoms with Crippen molar-refractivity contribution in [2.45, 2.75) is 56.8 Å². The van der Waals surface area contributed by atoms with E-state index in [1.165, 1.54) is 23.1 Å². The van der Waals surface area contributed by atoms with Crippen LogP contribution in [0.2, 0.25) is 0 Å². The number of anilines is 1. The summed E-state index contributed by atoms with van der Waals surface area (Å²) in [5.41, 5.74) is 3.14. The molecular formula is C31H31N5O4S2. The molecule has 0 bridgehead atoms. The predicted molar refractivity (Wildman–Crippen MR) is 163 cm³/mol. The predicted octanol–water partition coefficient (Wildman–Crippen LogP) is 6.02. The zero-order valence-electron chi connectivity index (χ0n) is 23.5. The summed E-state index contributed by atoms with van der Waals surface area (Å²) in [5, 5.41) is 6.40. The number of thioether (sulfide) groups is 1. The van der Waals surface area contributed by atoms with Gasteiger partial charge in [-0.2, -0.15) is 0 Å². The van der Waals surface area contributed by atoms with E-state index in [0.717, 1.165) is 40.5 Å². The minimum absolute atomic E-state index is 0.110. The zero-order valence-corrected chi connectivity index (χ0v) is 25.1. The lowest BCUT2D eigenvalue weighted by Gasteiger charge is -2.39. The molecule has 1 N–H and O–H groups in total. The van der Waals surface area contributed by atoms with E-state index in [4.69, 9.17) is 14.5 Å². The summed E-state index contributed by atoms with van der Waals surface area (Å²) in [4.78, 5) is 43.8. The molecule has 2 aliphatic rings. The molecule has 4 aromatic rings. The molecule has 11 heteroatoms. The van der Waals surface area contributed by atoms with Crippen molar-refractivity contribution in [2.24, 2.45) is 0 Å². The molecule has 1 fully saturated rings. The molecule has 216 valence electrons. The van der Waals surface area contributed by atoms with Gasteiger partial charge in [-0.1, -0.05) is 54.9 Å². The smallest absolute Gasteiger partial charge is 0.250 e. The molecule has 2 aromatic carbocycles. The number of carbonyl (C=O) groups excluding carboxylic acids is 2. The minimum atomic E-state index is -1.02. The van der Waals surface area contributed by atoms with Crippen LogP contribution in [0.4, 0.5) is 5.69 Å². The van der Waals surface area contributed by atoms with Gasteiger partial charge in [-0.25, -0.2) is 15.0 Å². The van der Waals surface area contributed by atoms with Gasteiger partial charge in [-0.3, -0.25) is 9.59 Å². The third-order valence-electron chi connectivity index (χ3n) is 7.50. The number of carbonyl (C=O) groups is 2. The Morgan fingerprint density at radius 2 is 1.71 bits per heavy atom. The number of rotatable bonds is 9. The molecule has 1 aliphatic carbocycles. The molecule has 0 atom stereocenters. The van der Waals surface area contributed by atoms with E-state index in [0.29, 0.717) is 35.2 Å². The number of aryl methyl sites for hydroxylation is 2. The Balaban J connectivity index is 1.29. The topological polar surface area (TPSA) is 107 Å². The van der Waals surface area contributed by atoms with E-state index in [1.54, 1.807) is 23.1 Å². The van der Waals surface area contributed by atoms with E-state index >= 15 is 0 Å². The van der Waals surface area contributed by atoms with Crippen molar-refractivity contribution in [3.05, 3.63) is 76.4 Å². The number of aromatic nitrogens is 3. The van der Waals surface area contributed by atoms with E-state index < -0.39 is 5.54 Å². The van der Waals surface area contributed by atoms with E-state index in [1.807, 2.05) is 55.6 Å². The van der Waals surface area contributed by atoms with Crippen LogP contribution in [0, 0.1) is 13.8 Å². The molecular weight excluding hydrogens is 571 g/mol. The highest BCUT2D eigenvalue weighted by molar-refractivity contribution is 7.99. The molecule has 1 saturated carbocycles. The Kier molecular flexibility index (Phi) is 8.12. The molecule has 0 radical (unpaired) electrons. The normalized spacial score (nSPS) is 15.0. The molecule has 9 nitrogen and oxygen atoms in total. The van der Waals surface area contributed by atoms with Crippen molar-refractivity contribution >= 4 is 40.6 Å². The summed E-state index contributed by atoms with van der Waals surface area (Å²) >= 11 is 2.79. The third-order valence-corrected chi connectivity index (χ3v) is 9.17. The van der Waals surface area contributed by atoms with Crippen LogP contribution in [0.1, 0.15) is 42.1 Å². The second kappa shape index (κ2) is 12.1. The summed E-state index contributed by atoms with van der Waals surface area (Å²) in [6, 6.07) is 17.2. The number of nitrogens with zero attached hydrogens (tertiary/aromatic N) is 4. The van der Waals surface area contributed by atoms with Gasteiger partial charge in [0.1, 0.15) is 10.5 Å². The third kappa shape index (κ3) is 5.98. The number of hydrogen-bond acceptors (Lipinski definition) is 9. The molecule has 6 rings (SSSR count). The van der Waals surface area contributed by atoms with E-state index in [-0.39, 0.29) is 30.9 Å². The van der Waals surface area contributed by atoms with Crippen LogP contribution in [0.15, 0.2) is 65.1 Å². The maximum absolute atomic E-state index is 14.1. The molecule has 42 heavy (non-hydrogen) atoms. The Bertz CT molecular complexity index is 1580. The summed E-state index contributed by atoms with van der Waals surface area (Å²) in [5.74, 6) is 0.978. The molecule has 2 amide bonds. The Morgan fingerprint density at radius 3 is 2.48 bits per heavy atom. The lowest BCUT2D eigenvalue weighted by molar-refractivity contribution is -0.144. The second-order valence-corrected chi connectivity index (χ2v) is 12.3. The van der Waals surface area contributed by atoms with Crippen LogP contribution in [0.5, 0.6) is 11.5 Å². The van der Waals surface area contributed by atoms with Crippen molar-refractivity contribution in [1.82, 2.24) is 19.9 Å². The van der Waals surface area contributed by atoms with Crippen LogP contribution in [0.25, 0.3) is 11.3 Å². The molecule has 0 saturated heterocycles. The van der Waals surface area contributed by atoms with Gasteiger partial charge >= 0.3 is 0 Å². The lowest BCUT2D eigenvalue weighted by atomic mass is 9.93. The quantitative estimate of drug-likeness (QED) is 0.183. The van der Waals surface area contributed by atoms with Gasteiger partial charge in [0.25, 0.3) is 0 Å². The number of nitrogens with one attached hydrogen (secondary N) is 1. The summed E-state index contributed by atoms with van der Waals surface area (Å²) in [7, 11) is 0. The Labute approximate surface area is 252 Å². The number of fused-ring (bicyclic) bond motifs is 1. The fourth-order valence-electron chi connectivity index (χ4n) is 5.50. The number of hydrogen-bond donors (Lipinski definition) is 1. The highest BCUT2D eigenvalue weighted by Gasteiger charge is 2.48. The SMILES string of the molecule is Cc1cc(C)nc(SCC(=O)N(Cc2nc(-c3ccccc3)cs2)C2(C(=O)Nc3ccc4c(c3)OCO4)CCCC2)n1. The number of amides is 2. The van der Waals surface area contributed by atoms with Gasteiger partial charge in [0.15, 0.2) is 16.7 Å². The van der Waals surface area contributed by atoms with E-state index in [9.17, 15) is 9.59 Å². The highest BCUT2D eigenvalue weighted by atomic mass is 32.2. The van der Waals surface area contributed by atoms with Crippen LogP contribution in [-0.2, 0) is 16.1 Å². The van der Waals surface area contributed by atoms with Gasteiger partial charge in [0.2, 0.25) is 18.6 Å². The van der Waals surface area contributed by atoms with Crippen LogP contribution >= 0.6 is 23.1 Å². The maximum Gasteiger partial charge on any atom is 0.250 e. The van der Waals surface area contributed by atoms with Gasteiger partial charge in [0, 0.05) is 34.1 Å². The molecule has 2 aromatic heterocycles. The monoisotopic (exact) mass is 601 g/mol. The molecule has 3 heterocycles. The fourth-order valence-corrected chi connectivity index (χ4v) is 7.12. The van der Waals surface area contributed by atoms with Gasteiger partial charge < -0.3 is 19.7 Å². The van der Waals surface area contributed by atoms with Crippen LogP contribution in [-0.4, -0.2) is 49.8 Å². The van der Waals surface area contributed by atoms with Crippen LogP contribution < -0.4 is 14.8 Å². The summed E-state index contributed by atoms with van der Waals surface area (Å²) in [6.45, 7) is 4.21. The van der Waals surface area contributed by atoms with E-state index in [2.05, 4.69) is 15.3 Å². The van der Waals surface area contributed by atoms with Gasteiger partial charge in [0.05, 0.1) is 18.0 Å². The summed E-state index contributed by atoms with van der Waals surface area (Å²) < 4.78 is 10.9.